The number of aromatic amines is 1. The summed E-state index contributed by atoms with van der Waals surface area (Å²) in [4.78, 5) is 50.7. The third-order valence-corrected chi connectivity index (χ3v) is 3.62. The summed E-state index contributed by atoms with van der Waals surface area (Å²) < 4.78 is 27.9. The van der Waals surface area contributed by atoms with E-state index < -0.39 is 43.6 Å². The molecule has 1 aromatic carbocycles. The molecule has 0 radical (unpaired) electrons. The molecule has 0 spiro atoms. The number of hydrogen-bond acceptors (Lipinski definition) is 8. The van der Waals surface area contributed by atoms with E-state index in [1.54, 1.807) is 25.6 Å². The second kappa shape index (κ2) is 6.95. The van der Waals surface area contributed by atoms with Crippen LogP contribution in [0.4, 0.5) is 16.2 Å². The number of nitrogens with zero attached hydrogens (tertiary/aromatic N) is 2. The van der Waals surface area contributed by atoms with Crippen LogP contribution in [0.5, 0.6) is 0 Å². The van der Waals surface area contributed by atoms with Gasteiger partial charge in [0, 0.05) is 6.07 Å². The van der Waals surface area contributed by atoms with E-state index in [9.17, 15) is 32.9 Å². The quantitative estimate of drug-likeness (QED) is 0.475. The van der Waals surface area contributed by atoms with Gasteiger partial charge in [-0.15, -0.1) is 0 Å². The molecule has 0 aliphatic heterocycles. The molecule has 0 saturated carbocycles. The summed E-state index contributed by atoms with van der Waals surface area (Å²) in [6.07, 6.45) is -0.275. The molecule has 0 saturated heterocycles. The average Bonchev–Trinajstić information content (AvgIpc) is 2.48. The van der Waals surface area contributed by atoms with Crippen LogP contribution in [0.25, 0.3) is 10.9 Å². The zero-order chi connectivity index (χ0) is 21.4. The molecule has 0 bridgehead atoms. The van der Waals surface area contributed by atoms with Gasteiger partial charge in [-0.1, -0.05) is 0 Å². The number of aromatic nitrogens is 2. The highest BCUT2D eigenvalue weighted by atomic mass is 32.2. The molecule has 0 unspecified atom stereocenters. The van der Waals surface area contributed by atoms with Crippen molar-refractivity contribution < 1.29 is 22.9 Å². The minimum atomic E-state index is -3.97. The van der Waals surface area contributed by atoms with Crippen molar-refractivity contribution >= 4 is 38.4 Å². The van der Waals surface area contributed by atoms with Gasteiger partial charge in [-0.25, -0.2) is 22.8 Å². The first-order valence-electron chi connectivity index (χ1n) is 7.63. The van der Waals surface area contributed by atoms with E-state index in [1.807, 2.05) is 0 Å². The van der Waals surface area contributed by atoms with Crippen molar-refractivity contribution in [2.45, 2.75) is 26.4 Å². The monoisotopic (exact) mass is 415 g/mol. The number of nitro groups is 1. The van der Waals surface area contributed by atoms with Gasteiger partial charge in [-0.3, -0.25) is 20.2 Å². The Balaban J connectivity index is 2.68. The Labute approximate surface area is 157 Å². The summed E-state index contributed by atoms with van der Waals surface area (Å²) in [6.45, 7) is 4.75. The third-order valence-electron chi connectivity index (χ3n) is 3.10. The SMILES string of the molecule is CC(C)(C)OC(=O)Nc1cc2c(=O)n(NS(C)(=O)=O)c(=O)[nH]c2cc1[N+](=O)[O-]. The number of amides is 1. The van der Waals surface area contributed by atoms with Crippen LogP contribution in [0, 0.1) is 10.1 Å². The number of carbonyl (C=O) groups excluding carboxylic acids is 1. The highest BCUT2D eigenvalue weighted by Gasteiger charge is 2.23. The maximum Gasteiger partial charge on any atom is 0.412 e. The first-order chi connectivity index (χ1) is 12.7. The number of rotatable bonds is 4. The van der Waals surface area contributed by atoms with Gasteiger partial charge in [0.15, 0.2) is 0 Å². The molecular formula is C14H17N5O8S. The van der Waals surface area contributed by atoms with Crippen molar-refractivity contribution in [2.75, 3.05) is 16.4 Å². The summed E-state index contributed by atoms with van der Waals surface area (Å²) in [7, 11) is -3.97. The lowest BCUT2D eigenvalue weighted by molar-refractivity contribution is -0.383. The van der Waals surface area contributed by atoms with E-state index >= 15 is 0 Å². The van der Waals surface area contributed by atoms with Gasteiger partial charge in [0.2, 0.25) is 10.0 Å². The number of nitrogens with one attached hydrogen (secondary N) is 3. The Morgan fingerprint density at radius 1 is 1.29 bits per heavy atom. The van der Waals surface area contributed by atoms with Crippen LogP contribution in [-0.2, 0) is 14.8 Å². The number of ether oxygens (including phenoxy) is 1. The maximum absolute atomic E-state index is 12.5. The standard InChI is InChI=1S/C14H17N5O8S/c1-14(2,3)27-13(22)16-9-5-7-8(6-10(9)19(23)24)15-12(21)18(11(7)20)17-28(4,25)26/h5-6,17H,1-4H3,(H,15,21)(H,16,22). The molecule has 0 fully saturated rings. The number of carbonyl (C=O) groups is 1. The van der Waals surface area contributed by atoms with Gasteiger partial charge in [0.25, 0.3) is 11.2 Å². The van der Waals surface area contributed by atoms with Gasteiger partial charge in [-0.2, -0.15) is 4.68 Å². The number of hydrogen-bond donors (Lipinski definition) is 3. The lowest BCUT2D eigenvalue weighted by Crippen LogP contribution is -2.43. The van der Waals surface area contributed by atoms with Crippen LogP contribution in [0.1, 0.15) is 20.8 Å². The summed E-state index contributed by atoms with van der Waals surface area (Å²) in [6, 6.07) is 1.81. The second-order valence-electron chi connectivity index (χ2n) is 6.73. The van der Waals surface area contributed by atoms with Crippen molar-refractivity contribution in [3.8, 4) is 0 Å². The maximum atomic E-state index is 12.5. The largest absolute Gasteiger partial charge is 0.444 e. The van der Waals surface area contributed by atoms with Crippen molar-refractivity contribution in [3.63, 3.8) is 0 Å². The molecule has 152 valence electrons. The van der Waals surface area contributed by atoms with Crippen LogP contribution < -0.4 is 21.4 Å². The number of nitro benzene ring substituents is 1. The molecule has 0 aliphatic carbocycles. The summed E-state index contributed by atoms with van der Waals surface area (Å²) in [5.41, 5.74) is -4.32. The average molecular weight is 415 g/mol. The van der Waals surface area contributed by atoms with Gasteiger partial charge >= 0.3 is 11.8 Å². The van der Waals surface area contributed by atoms with Gasteiger partial charge in [-0.05, 0) is 26.8 Å². The zero-order valence-electron chi connectivity index (χ0n) is 15.2. The molecule has 13 nitrogen and oxygen atoms in total. The van der Waals surface area contributed by atoms with Gasteiger partial charge in [0.05, 0.1) is 22.1 Å². The van der Waals surface area contributed by atoms with E-state index in [0.717, 1.165) is 18.4 Å². The lowest BCUT2D eigenvalue weighted by Gasteiger charge is -2.19. The number of H-pyrrole nitrogens is 1. The van der Waals surface area contributed by atoms with E-state index in [2.05, 4.69) is 10.3 Å². The Morgan fingerprint density at radius 2 is 1.89 bits per heavy atom. The first-order valence-corrected chi connectivity index (χ1v) is 9.52. The third kappa shape index (κ3) is 4.85. The predicted octanol–water partition coefficient (Wildman–Crippen LogP) is 0.448. The van der Waals surface area contributed by atoms with Gasteiger partial charge in [0.1, 0.15) is 11.3 Å². The molecule has 1 heterocycles. The van der Waals surface area contributed by atoms with Gasteiger partial charge < -0.3 is 9.72 Å². The van der Waals surface area contributed by atoms with E-state index in [1.165, 1.54) is 0 Å². The lowest BCUT2D eigenvalue weighted by atomic mass is 10.2. The molecular weight excluding hydrogens is 398 g/mol. The normalized spacial score (nSPS) is 11.9. The molecule has 1 aromatic heterocycles. The molecule has 2 aromatic rings. The van der Waals surface area contributed by atoms with Crippen molar-refractivity contribution in [2.24, 2.45) is 0 Å². The zero-order valence-corrected chi connectivity index (χ0v) is 16.0. The molecule has 28 heavy (non-hydrogen) atoms. The Kier molecular flexibility index (Phi) is 5.19. The second-order valence-corrected chi connectivity index (χ2v) is 8.46. The van der Waals surface area contributed by atoms with Crippen LogP contribution >= 0.6 is 0 Å². The smallest absolute Gasteiger partial charge is 0.412 e. The highest BCUT2D eigenvalue weighted by molar-refractivity contribution is 7.91. The van der Waals surface area contributed by atoms with Crippen LogP contribution in [0.2, 0.25) is 0 Å². The summed E-state index contributed by atoms with van der Waals surface area (Å²) in [5, 5.41) is 13.2. The Morgan fingerprint density at radius 3 is 2.39 bits per heavy atom. The van der Waals surface area contributed by atoms with Crippen molar-refractivity contribution in [1.29, 1.82) is 0 Å². The van der Waals surface area contributed by atoms with E-state index in [0.29, 0.717) is 0 Å². The molecule has 2 rings (SSSR count). The topological polar surface area (TPSA) is 182 Å². The van der Waals surface area contributed by atoms with Crippen LogP contribution in [0.3, 0.4) is 0 Å². The van der Waals surface area contributed by atoms with Crippen LogP contribution in [0.15, 0.2) is 21.7 Å². The van der Waals surface area contributed by atoms with Crippen molar-refractivity contribution in [1.82, 2.24) is 9.66 Å². The van der Waals surface area contributed by atoms with Crippen LogP contribution in [-0.4, -0.2) is 41.0 Å². The Bertz CT molecular complexity index is 1190. The predicted molar refractivity (Wildman–Crippen MR) is 99.5 cm³/mol. The minimum absolute atomic E-state index is 0.195. The van der Waals surface area contributed by atoms with E-state index in [-0.39, 0.29) is 21.3 Å². The fourth-order valence-electron chi connectivity index (χ4n) is 2.17. The molecule has 3 N–H and O–H groups in total. The van der Waals surface area contributed by atoms with Crippen molar-refractivity contribution in [3.05, 3.63) is 43.1 Å². The first kappa shape index (κ1) is 20.9. The molecule has 0 aliphatic rings. The minimum Gasteiger partial charge on any atom is -0.444 e. The number of benzene rings is 1. The van der Waals surface area contributed by atoms with E-state index in [4.69, 9.17) is 4.74 Å². The Hall–Kier alpha value is -3.42. The number of anilines is 1. The molecule has 1 amide bonds. The molecule has 0 atom stereocenters. The summed E-state index contributed by atoms with van der Waals surface area (Å²) in [5.74, 6) is 0. The fourth-order valence-corrected chi connectivity index (χ4v) is 2.66. The molecule has 14 heteroatoms. The highest BCUT2D eigenvalue weighted by Crippen LogP contribution is 2.28. The summed E-state index contributed by atoms with van der Waals surface area (Å²) >= 11 is 0. The number of fused-ring (bicyclic) bond motifs is 1. The fraction of sp³-hybridized carbons (Fsp3) is 0.357. The number of sulfonamides is 1.